The quantitative estimate of drug-likeness (QED) is 0.625. The van der Waals surface area contributed by atoms with Crippen LogP contribution in [-0.4, -0.2) is 27.7 Å². The van der Waals surface area contributed by atoms with E-state index in [1.165, 1.54) is 44.6 Å². The fourth-order valence-corrected chi connectivity index (χ4v) is 3.14. The molecule has 0 unspecified atom stereocenters. The zero-order valence-corrected chi connectivity index (χ0v) is 13.9. The third kappa shape index (κ3) is 4.01. The molecule has 0 aliphatic rings. The Bertz CT molecular complexity index is 768. The normalized spacial score (nSPS) is 11.7. The maximum absolute atomic E-state index is 12.4. The van der Waals surface area contributed by atoms with Crippen molar-refractivity contribution in [2.75, 3.05) is 18.9 Å². The lowest BCUT2D eigenvalue weighted by atomic mass is 10.1. The Morgan fingerprint density at radius 3 is 2.22 bits per heavy atom. The Labute approximate surface area is 135 Å². The summed E-state index contributed by atoms with van der Waals surface area (Å²) >= 11 is 0. The molecule has 0 saturated heterocycles. The monoisotopic (exact) mass is 337 g/mol. The van der Waals surface area contributed by atoms with Crippen LogP contribution in [0, 0.1) is 6.92 Å². The van der Waals surface area contributed by atoms with Crippen LogP contribution in [-0.2, 0) is 19.5 Å². The molecule has 0 aromatic heterocycles. The summed E-state index contributed by atoms with van der Waals surface area (Å²) in [5, 5.41) is 9.88. The van der Waals surface area contributed by atoms with Gasteiger partial charge in [0.1, 0.15) is 5.75 Å². The van der Waals surface area contributed by atoms with Crippen molar-refractivity contribution < 1.29 is 23.0 Å². The molecular formula is C16H19NO5S. The van der Waals surface area contributed by atoms with Crippen LogP contribution in [0.5, 0.6) is 5.75 Å². The first-order valence-electron chi connectivity index (χ1n) is 6.85. The number of hydrogen-bond acceptors (Lipinski definition) is 5. The third-order valence-electron chi connectivity index (χ3n) is 3.29. The number of rotatable bonds is 6. The van der Waals surface area contributed by atoms with Crippen molar-refractivity contribution in [1.82, 2.24) is 0 Å². The fraction of sp³-hybridized carbons (Fsp3) is 0.250. The van der Waals surface area contributed by atoms with E-state index in [4.69, 9.17) is 9.47 Å². The average molecular weight is 337 g/mol. The highest BCUT2D eigenvalue weighted by molar-refractivity contribution is 7.92. The van der Waals surface area contributed by atoms with Crippen LogP contribution >= 0.6 is 0 Å². The number of phenols is 1. The molecule has 23 heavy (non-hydrogen) atoms. The summed E-state index contributed by atoms with van der Waals surface area (Å²) in [4.78, 5) is 0.160. The van der Waals surface area contributed by atoms with Gasteiger partial charge in [-0.05, 0) is 37.3 Å². The molecular weight excluding hydrogens is 318 g/mol. The molecule has 0 aliphatic heterocycles. The van der Waals surface area contributed by atoms with Crippen LogP contribution in [0.4, 0.5) is 5.69 Å². The minimum Gasteiger partial charge on any atom is -0.507 e. The summed E-state index contributed by atoms with van der Waals surface area (Å²) in [6.45, 7) is 1.88. The highest BCUT2D eigenvalue weighted by Gasteiger charge is 2.18. The fourth-order valence-electron chi connectivity index (χ4n) is 2.09. The SMILES string of the molecule is COC(OC)c1cc(NS(=O)(=O)c2ccc(C)cc2)ccc1O. The van der Waals surface area contributed by atoms with Crippen LogP contribution in [0.2, 0.25) is 0 Å². The van der Waals surface area contributed by atoms with E-state index in [0.717, 1.165) is 5.56 Å². The van der Waals surface area contributed by atoms with E-state index < -0.39 is 16.3 Å². The molecule has 0 aliphatic carbocycles. The zero-order chi connectivity index (χ0) is 17.0. The van der Waals surface area contributed by atoms with Gasteiger partial charge in [-0.2, -0.15) is 0 Å². The highest BCUT2D eigenvalue weighted by Crippen LogP contribution is 2.30. The van der Waals surface area contributed by atoms with Crippen LogP contribution in [0.1, 0.15) is 17.4 Å². The summed E-state index contributed by atoms with van der Waals surface area (Å²) in [6, 6.07) is 10.8. The maximum Gasteiger partial charge on any atom is 0.261 e. The van der Waals surface area contributed by atoms with Gasteiger partial charge in [-0.3, -0.25) is 4.72 Å². The predicted octanol–water partition coefficient (Wildman–Crippen LogP) is 2.79. The average Bonchev–Trinajstić information content (AvgIpc) is 2.51. The molecule has 0 bridgehead atoms. The van der Waals surface area contributed by atoms with Crippen molar-refractivity contribution in [2.45, 2.75) is 18.1 Å². The van der Waals surface area contributed by atoms with Gasteiger partial charge in [0.05, 0.1) is 10.5 Å². The lowest BCUT2D eigenvalue weighted by Crippen LogP contribution is -2.13. The second-order valence-electron chi connectivity index (χ2n) is 5.00. The van der Waals surface area contributed by atoms with Gasteiger partial charge in [-0.1, -0.05) is 17.7 Å². The number of hydrogen-bond donors (Lipinski definition) is 2. The van der Waals surface area contributed by atoms with E-state index in [1.807, 2.05) is 6.92 Å². The number of aryl methyl sites for hydroxylation is 1. The second-order valence-corrected chi connectivity index (χ2v) is 6.68. The van der Waals surface area contributed by atoms with Gasteiger partial charge >= 0.3 is 0 Å². The van der Waals surface area contributed by atoms with Crippen molar-refractivity contribution in [3.63, 3.8) is 0 Å². The molecule has 6 nitrogen and oxygen atoms in total. The Morgan fingerprint density at radius 2 is 1.65 bits per heavy atom. The molecule has 7 heteroatoms. The number of aromatic hydroxyl groups is 1. The van der Waals surface area contributed by atoms with Crippen molar-refractivity contribution in [3.05, 3.63) is 53.6 Å². The Hall–Kier alpha value is -2.09. The number of methoxy groups -OCH3 is 2. The first kappa shape index (κ1) is 17.3. The van der Waals surface area contributed by atoms with Gasteiger partial charge in [0.25, 0.3) is 10.0 Å². The van der Waals surface area contributed by atoms with E-state index in [2.05, 4.69) is 4.72 Å². The van der Waals surface area contributed by atoms with Crippen molar-refractivity contribution >= 4 is 15.7 Å². The standard InChI is InChI=1S/C16H19NO5S/c1-11-4-7-13(8-5-11)23(19,20)17-12-6-9-15(18)14(10-12)16(21-2)22-3/h4-10,16-18H,1-3H3. The molecule has 2 aromatic carbocycles. The zero-order valence-electron chi connectivity index (χ0n) is 13.1. The maximum atomic E-state index is 12.4. The topological polar surface area (TPSA) is 84.9 Å². The number of anilines is 1. The predicted molar refractivity (Wildman–Crippen MR) is 86.9 cm³/mol. The first-order valence-corrected chi connectivity index (χ1v) is 8.33. The molecule has 2 N–H and O–H groups in total. The Kier molecular flexibility index (Phi) is 5.25. The molecule has 2 rings (SSSR count). The van der Waals surface area contributed by atoms with E-state index >= 15 is 0 Å². The van der Waals surface area contributed by atoms with E-state index in [1.54, 1.807) is 12.1 Å². The van der Waals surface area contributed by atoms with E-state index in [0.29, 0.717) is 11.3 Å². The molecule has 0 amide bonds. The minimum absolute atomic E-state index is 0.0445. The van der Waals surface area contributed by atoms with Crippen molar-refractivity contribution in [2.24, 2.45) is 0 Å². The molecule has 0 fully saturated rings. The van der Waals surface area contributed by atoms with Crippen LogP contribution in [0.3, 0.4) is 0 Å². The number of nitrogens with one attached hydrogen (secondary N) is 1. The van der Waals surface area contributed by atoms with Crippen LogP contribution < -0.4 is 4.72 Å². The summed E-state index contributed by atoms with van der Waals surface area (Å²) in [7, 11) is -0.857. The Morgan fingerprint density at radius 1 is 1.04 bits per heavy atom. The molecule has 0 radical (unpaired) electrons. The van der Waals surface area contributed by atoms with Gasteiger partial charge < -0.3 is 14.6 Å². The van der Waals surface area contributed by atoms with E-state index in [-0.39, 0.29) is 10.6 Å². The Balaban J connectivity index is 2.32. The van der Waals surface area contributed by atoms with Gasteiger partial charge in [0.2, 0.25) is 0 Å². The molecule has 124 valence electrons. The van der Waals surface area contributed by atoms with Crippen LogP contribution in [0.25, 0.3) is 0 Å². The molecule has 0 atom stereocenters. The summed E-state index contributed by atoms with van der Waals surface area (Å²) in [5.41, 5.74) is 1.61. The third-order valence-corrected chi connectivity index (χ3v) is 4.69. The van der Waals surface area contributed by atoms with Crippen LogP contribution in [0.15, 0.2) is 47.4 Å². The highest BCUT2D eigenvalue weighted by atomic mass is 32.2. The van der Waals surface area contributed by atoms with Gasteiger partial charge in [-0.25, -0.2) is 8.42 Å². The lowest BCUT2D eigenvalue weighted by molar-refractivity contribution is -0.106. The first-order chi connectivity index (χ1) is 10.9. The molecule has 2 aromatic rings. The summed E-state index contributed by atoms with van der Waals surface area (Å²) in [6.07, 6.45) is -0.793. The van der Waals surface area contributed by atoms with E-state index in [9.17, 15) is 13.5 Å². The second kappa shape index (κ2) is 6.99. The number of sulfonamides is 1. The number of ether oxygens (including phenoxy) is 2. The molecule has 0 saturated carbocycles. The van der Waals surface area contributed by atoms with Crippen molar-refractivity contribution in [1.29, 1.82) is 0 Å². The van der Waals surface area contributed by atoms with Gasteiger partial charge in [0, 0.05) is 19.9 Å². The molecule has 0 spiro atoms. The largest absolute Gasteiger partial charge is 0.507 e. The number of benzene rings is 2. The van der Waals surface area contributed by atoms with Gasteiger partial charge in [-0.15, -0.1) is 0 Å². The number of phenolic OH excluding ortho intramolecular Hbond substituents is 1. The summed E-state index contributed by atoms with van der Waals surface area (Å²) < 4.78 is 37.4. The van der Waals surface area contributed by atoms with Crippen molar-refractivity contribution in [3.8, 4) is 5.75 Å². The lowest BCUT2D eigenvalue weighted by Gasteiger charge is -2.16. The minimum atomic E-state index is -3.71. The molecule has 0 heterocycles. The van der Waals surface area contributed by atoms with Gasteiger partial charge in [0.15, 0.2) is 6.29 Å². The smallest absolute Gasteiger partial charge is 0.261 e. The summed E-state index contributed by atoms with van der Waals surface area (Å²) in [5.74, 6) is -0.0445.